The predicted octanol–water partition coefficient (Wildman–Crippen LogP) is 3.79. The summed E-state index contributed by atoms with van der Waals surface area (Å²) < 4.78 is 22.4. The zero-order valence-electron chi connectivity index (χ0n) is 15.9. The van der Waals surface area contributed by atoms with Gasteiger partial charge in [-0.25, -0.2) is 4.79 Å². The number of rotatable bonds is 4. The Morgan fingerprint density at radius 3 is 2.64 bits per heavy atom. The Hall–Kier alpha value is -2.99. The molecule has 0 N–H and O–H groups in total. The predicted molar refractivity (Wildman–Crippen MR) is 105 cm³/mol. The lowest BCUT2D eigenvalue weighted by atomic mass is 10.0. The maximum Gasteiger partial charge on any atom is 0.344 e. The topological polar surface area (TPSA) is 61.1 Å². The molecule has 1 aliphatic carbocycles. The number of benzene rings is 2. The van der Waals surface area contributed by atoms with Crippen molar-refractivity contribution in [3.05, 3.63) is 52.4 Å². The van der Waals surface area contributed by atoms with Gasteiger partial charge in [0.1, 0.15) is 29.6 Å². The third-order valence-corrected chi connectivity index (χ3v) is 5.47. The monoisotopic (exact) mass is 379 g/mol. The van der Waals surface area contributed by atoms with Crippen LogP contribution in [0, 0.1) is 0 Å². The molecule has 144 valence electrons. The van der Waals surface area contributed by atoms with Crippen LogP contribution in [0.15, 0.2) is 45.6 Å². The molecule has 0 amide bonds. The Morgan fingerprint density at radius 1 is 1.04 bits per heavy atom. The quantitative estimate of drug-likeness (QED) is 0.643. The third kappa shape index (κ3) is 2.81. The molecular formula is C22H21NO5. The Bertz CT molecular complexity index is 1120. The Balaban J connectivity index is 1.63. The lowest BCUT2D eigenvalue weighted by Crippen LogP contribution is -2.33. The smallest absolute Gasteiger partial charge is 0.344 e. The van der Waals surface area contributed by atoms with E-state index < -0.39 is 5.63 Å². The van der Waals surface area contributed by atoms with Gasteiger partial charge in [-0.2, -0.15) is 0 Å². The summed E-state index contributed by atoms with van der Waals surface area (Å²) in [6.45, 7) is 1.33. The van der Waals surface area contributed by atoms with E-state index in [0.717, 1.165) is 23.2 Å². The average molecular weight is 379 g/mol. The maximum absolute atomic E-state index is 12.9. The van der Waals surface area contributed by atoms with E-state index in [1.807, 2.05) is 24.3 Å². The molecule has 1 saturated carbocycles. The zero-order valence-corrected chi connectivity index (χ0v) is 15.9. The molecule has 0 atom stereocenters. The summed E-state index contributed by atoms with van der Waals surface area (Å²) in [7, 11) is 3.16. The molecule has 0 bridgehead atoms. The molecule has 2 aromatic carbocycles. The molecule has 0 spiro atoms. The Morgan fingerprint density at radius 2 is 1.89 bits per heavy atom. The highest BCUT2D eigenvalue weighted by atomic mass is 16.5. The highest BCUT2D eigenvalue weighted by Crippen LogP contribution is 2.38. The van der Waals surface area contributed by atoms with Crippen LogP contribution in [0.25, 0.3) is 22.1 Å². The van der Waals surface area contributed by atoms with E-state index in [1.54, 1.807) is 26.4 Å². The summed E-state index contributed by atoms with van der Waals surface area (Å²) in [5.41, 5.74) is 2.29. The van der Waals surface area contributed by atoms with Gasteiger partial charge < -0.3 is 18.6 Å². The minimum absolute atomic E-state index is 0.395. The molecule has 0 radical (unpaired) electrons. The van der Waals surface area contributed by atoms with Gasteiger partial charge in [0, 0.05) is 29.6 Å². The molecule has 0 saturated heterocycles. The van der Waals surface area contributed by atoms with Crippen molar-refractivity contribution in [1.29, 1.82) is 0 Å². The first-order valence-electron chi connectivity index (χ1n) is 9.37. The second-order valence-corrected chi connectivity index (χ2v) is 7.23. The first-order valence-corrected chi connectivity index (χ1v) is 9.37. The van der Waals surface area contributed by atoms with Gasteiger partial charge in [0.2, 0.25) is 0 Å². The minimum Gasteiger partial charge on any atom is -0.497 e. The van der Waals surface area contributed by atoms with E-state index in [4.69, 9.17) is 18.6 Å². The first kappa shape index (κ1) is 17.1. The standard InChI is InChI=1S/C22H21NO5/c1-25-15-6-7-16(20(10-15)26-2)17-9-13-3-8-19-18(21(13)28-22(17)24)11-23(12-27-19)14-4-5-14/h3,6-10,14H,4-5,11-12H2,1-2H3. The highest BCUT2D eigenvalue weighted by Gasteiger charge is 2.33. The molecule has 1 aromatic heterocycles. The van der Waals surface area contributed by atoms with Gasteiger partial charge in [0.15, 0.2) is 0 Å². The zero-order chi connectivity index (χ0) is 19.3. The van der Waals surface area contributed by atoms with Gasteiger partial charge in [0.05, 0.1) is 25.3 Å². The van der Waals surface area contributed by atoms with Gasteiger partial charge in [-0.3, -0.25) is 4.90 Å². The summed E-state index contributed by atoms with van der Waals surface area (Å²) in [4.78, 5) is 15.2. The highest BCUT2D eigenvalue weighted by molar-refractivity contribution is 5.87. The van der Waals surface area contributed by atoms with Crippen LogP contribution in [0.5, 0.6) is 17.2 Å². The number of nitrogens with zero attached hydrogens (tertiary/aromatic N) is 1. The van der Waals surface area contributed by atoms with Crippen LogP contribution in [0.1, 0.15) is 18.4 Å². The fraction of sp³-hybridized carbons (Fsp3) is 0.318. The molecule has 6 heteroatoms. The molecule has 2 heterocycles. The van der Waals surface area contributed by atoms with Crippen molar-refractivity contribution >= 4 is 11.0 Å². The van der Waals surface area contributed by atoms with Crippen molar-refractivity contribution in [2.24, 2.45) is 0 Å². The number of ether oxygens (including phenoxy) is 3. The molecular weight excluding hydrogens is 358 g/mol. The van der Waals surface area contributed by atoms with E-state index in [1.165, 1.54) is 12.8 Å². The van der Waals surface area contributed by atoms with Gasteiger partial charge in [-0.15, -0.1) is 0 Å². The van der Waals surface area contributed by atoms with Gasteiger partial charge in [0.25, 0.3) is 0 Å². The molecule has 0 unspecified atom stereocenters. The van der Waals surface area contributed by atoms with Crippen LogP contribution in [0.3, 0.4) is 0 Å². The minimum atomic E-state index is -0.395. The van der Waals surface area contributed by atoms with Crippen molar-refractivity contribution in [3.8, 4) is 28.4 Å². The summed E-state index contributed by atoms with van der Waals surface area (Å²) in [5, 5.41) is 0.868. The fourth-order valence-corrected chi connectivity index (χ4v) is 3.79. The first-order chi connectivity index (χ1) is 13.7. The Labute approximate surface area is 162 Å². The average Bonchev–Trinajstić information content (AvgIpc) is 3.58. The number of hydrogen-bond acceptors (Lipinski definition) is 6. The van der Waals surface area contributed by atoms with Crippen LogP contribution in [-0.4, -0.2) is 31.9 Å². The molecule has 28 heavy (non-hydrogen) atoms. The fourth-order valence-electron chi connectivity index (χ4n) is 3.79. The van der Waals surface area contributed by atoms with Crippen molar-refractivity contribution in [1.82, 2.24) is 4.90 Å². The summed E-state index contributed by atoms with van der Waals surface area (Å²) in [6, 6.07) is 11.7. The summed E-state index contributed by atoms with van der Waals surface area (Å²) in [5.74, 6) is 2.02. The van der Waals surface area contributed by atoms with E-state index >= 15 is 0 Å². The van der Waals surface area contributed by atoms with E-state index in [9.17, 15) is 4.79 Å². The molecule has 1 aliphatic heterocycles. The van der Waals surface area contributed by atoms with Crippen molar-refractivity contribution < 1.29 is 18.6 Å². The molecule has 1 fully saturated rings. The van der Waals surface area contributed by atoms with Crippen LogP contribution >= 0.6 is 0 Å². The molecule has 5 rings (SSSR count). The lowest BCUT2D eigenvalue weighted by molar-refractivity contribution is 0.0885. The largest absolute Gasteiger partial charge is 0.497 e. The molecule has 3 aromatic rings. The van der Waals surface area contributed by atoms with Crippen molar-refractivity contribution in [3.63, 3.8) is 0 Å². The summed E-state index contributed by atoms with van der Waals surface area (Å²) in [6.07, 6.45) is 2.41. The lowest BCUT2D eigenvalue weighted by Gasteiger charge is -2.29. The van der Waals surface area contributed by atoms with Crippen LogP contribution in [0.4, 0.5) is 0 Å². The second-order valence-electron chi connectivity index (χ2n) is 7.23. The SMILES string of the molecule is COc1ccc(-c2cc3ccc4c(c3oc2=O)CN(C2CC2)CO4)c(OC)c1. The number of methoxy groups -OCH3 is 2. The molecule has 6 nitrogen and oxygen atoms in total. The molecule has 2 aliphatic rings. The normalized spacial score (nSPS) is 16.5. The third-order valence-electron chi connectivity index (χ3n) is 5.47. The van der Waals surface area contributed by atoms with Gasteiger partial charge >= 0.3 is 5.63 Å². The van der Waals surface area contributed by atoms with E-state index in [-0.39, 0.29) is 0 Å². The Kier molecular flexibility index (Phi) is 4.02. The van der Waals surface area contributed by atoms with Crippen molar-refractivity contribution in [2.45, 2.75) is 25.4 Å². The van der Waals surface area contributed by atoms with E-state index in [2.05, 4.69) is 4.90 Å². The number of fused-ring (bicyclic) bond motifs is 3. The second kappa shape index (κ2) is 6.56. The summed E-state index contributed by atoms with van der Waals surface area (Å²) >= 11 is 0. The van der Waals surface area contributed by atoms with Crippen LogP contribution < -0.4 is 19.8 Å². The van der Waals surface area contributed by atoms with Crippen molar-refractivity contribution in [2.75, 3.05) is 21.0 Å². The number of hydrogen-bond donors (Lipinski definition) is 0. The van der Waals surface area contributed by atoms with Crippen LogP contribution in [-0.2, 0) is 6.54 Å². The van der Waals surface area contributed by atoms with Crippen LogP contribution in [0.2, 0.25) is 0 Å². The van der Waals surface area contributed by atoms with Gasteiger partial charge in [-0.1, -0.05) is 0 Å². The van der Waals surface area contributed by atoms with Gasteiger partial charge in [-0.05, 0) is 43.2 Å². The van der Waals surface area contributed by atoms with E-state index in [0.29, 0.717) is 41.0 Å². The maximum atomic E-state index is 12.9.